The second kappa shape index (κ2) is 3.00. The lowest BCUT2D eigenvalue weighted by Crippen LogP contribution is -1.94. The molecular weight excluding hydrogens is 171 g/mol. The van der Waals surface area contributed by atoms with Gasteiger partial charge >= 0.3 is 0 Å². The molecule has 0 aliphatic carbocycles. The van der Waals surface area contributed by atoms with Crippen molar-refractivity contribution >= 4 is 0 Å². The minimum atomic E-state index is -0.202. The zero-order chi connectivity index (χ0) is 9.42. The fraction of sp³-hybridized carbons (Fsp3) is 0.400. The van der Waals surface area contributed by atoms with Gasteiger partial charge in [0.05, 0.1) is 13.7 Å². The fourth-order valence-electron chi connectivity index (χ4n) is 1.33. The van der Waals surface area contributed by atoms with E-state index in [4.69, 9.17) is 9.47 Å². The number of benzene rings is 1. The summed E-state index contributed by atoms with van der Waals surface area (Å²) in [6, 6.07) is 3.19. The molecule has 1 aliphatic rings. The predicted molar refractivity (Wildman–Crippen MR) is 46.4 cm³/mol. The number of epoxide rings is 1. The van der Waals surface area contributed by atoms with E-state index in [1.54, 1.807) is 20.1 Å². The number of hydrogen-bond donors (Lipinski definition) is 0. The Hall–Kier alpha value is -1.09. The van der Waals surface area contributed by atoms with Crippen molar-refractivity contribution in [1.82, 2.24) is 0 Å². The van der Waals surface area contributed by atoms with Crippen molar-refractivity contribution in [2.75, 3.05) is 13.7 Å². The molecule has 0 unspecified atom stereocenters. The Morgan fingerprint density at radius 1 is 1.54 bits per heavy atom. The van der Waals surface area contributed by atoms with E-state index in [1.807, 2.05) is 0 Å². The predicted octanol–water partition coefficient (Wildman–Crippen LogP) is 2.21. The smallest absolute Gasteiger partial charge is 0.126 e. The number of rotatable bonds is 2. The van der Waals surface area contributed by atoms with Crippen LogP contribution in [0.15, 0.2) is 12.1 Å². The van der Waals surface area contributed by atoms with E-state index < -0.39 is 0 Å². The lowest BCUT2D eigenvalue weighted by atomic mass is 10.1. The van der Waals surface area contributed by atoms with Gasteiger partial charge in [0.2, 0.25) is 0 Å². The van der Waals surface area contributed by atoms with Crippen LogP contribution in [0.2, 0.25) is 0 Å². The Kier molecular flexibility index (Phi) is 1.96. The van der Waals surface area contributed by atoms with Crippen molar-refractivity contribution in [3.05, 3.63) is 29.1 Å². The highest BCUT2D eigenvalue weighted by atomic mass is 19.1. The van der Waals surface area contributed by atoms with Gasteiger partial charge in [-0.2, -0.15) is 0 Å². The number of halogens is 1. The van der Waals surface area contributed by atoms with Crippen LogP contribution in [0.5, 0.6) is 5.75 Å². The minimum absolute atomic E-state index is 0.0325. The van der Waals surface area contributed by atoms with E-state index in [0.717, 1.165) is 5.56 Å². The van der Waals surface area contributed by atoms with Crippen LogP contribution in [-0.4, -0.2) is 13.7 Å². The van der Waals surface area contributed by atoms with Gasteiger partial charge in [-0.25, -0.2) is 4.39 Å². The van der Waals surface area contributed by atoms with Gasteiger partial charge in [-0.1, -0.05) is 0 Å². The topological polar surface area (TPSA) is 21.8 Å². The van der Waals surface area contributed by atoms with Crippen LogP contribution in [-0.2, 0) is 4.74 Å². The first-order chi connectivity index (χ1) is 6.22. The summed E-state index contributed by atoms with van der Waals surface area (Å²) in [5.74, 6) is 0.507. The number of hydrogen-bond acceptors (Lipinski definition) is 2. The second-order valence-electron chi connectivity index (χ2n) is 3.17. The Morgan fingerprint density at radius 2 is 2.23 bits per heavy atom. The van der Waals surface area contributed by atoms with Crippen LogP contribution in [0, 0.1) is 12.7 Å². The fourth-order valence-corrected chi connectivity index (χ4v) is 1.33. The standard InChI is InChI=1S/C10H11FO2/c1-6-3-9(12-2)7(4-8(6)11)10-5-13-10/h3-4,10H,5H2,1-2H3/t10-/m1/s1. The largest absolute Gasteiger partial charge is 0.496 e. The first kappa shape index (κ1) is 8.51. The highest BCUT2D eigenvalue weighted by Gasteiger charge is 2.28. The Morgan fingerprint density at radius 3 is 2.77 bits per heavy atom. The van der Waals surface area contributed by atoms with Crippen LogP contribution in [0.4, 0.5) is 4.39 Å². The third-order valence-electron chi connectivity index (χ3n) is 2.19. The molecule has 0 amide bonds. The summed E-state index contributed by atoms with van der Waals surface area (Å²) in [5, 5.41) is 0. The molecule has 1 atom stereocenters. The second-order valence-corrected chi connectivity index (χ2v) is 3.17. The van der Waals surface area contributed by atoms with E-state index >= 15 is 0 Å². The molecule has 0 aromatic heterocycles. The highest BCUT2D eigenvalue weighted by molar-refractivity contribution is 5.40. The molecule has 2 nitrogen and oxygen atoms in total. The van der Waals surface area contributed by atoms with Crippen LogP contribution < -0.4 is 4.74 Å². The molecule has 0 saturated carbocycles. The molecule has 1 aliphatic heterocycles. The summed E-state index contributed by atoms with van der Waals surface area (Å²) in [6.07, 6.45) is 0.0325. The molecule has 1 heterocycles. The maximum absolute atomic E-state index is 13.2. The molecule has 1 aromatic rings. The Labute approximate surface area is 76.3 Å². The summed E-state index contributed by atoms with van der Waals surface area (Å²) < 4.78 is 23.4. The molecule has 1 saturated heterocycles. The van der Waals surface area contributed by atoms with Crippen LogP contribution in [0.1, 0.15) is 17.2 Å². The summed E-state index contributed by atoms with van der Waals surface area (Å²) in [5.41, 5.74) is 1.41. The van der Waals surface area contributed by atoms with Crippen molar-refractivity contribution in [1.29, 1.82) is 0 Å². The highest BCUT2D eigenvalue weighted by Crippen LogP contribution is 2.37. The van der Waals surface area contributed by atoms with Crippen LogP contribution in [0.25, 0.3) is 0 Å². The third kappa shape index (κ3) is 1.52. The average molecular weight is 182 g/mol. The molecule has 0 bridgehead atoms. The summed E-state index contributed by atoms with van der Waals surface area (Å²) in [7, 11) is 1.58. The molecule has 2 rings (SSSR count). The van der Waals surface area contributed by atoms with Gasteiger partial charge < -0.3 is 9.47 Å². The molecule has 70 valence electrons. The summed E-state index contributed by atoms with van der Waals surface area (Å²) in [4.78, 5) is 0. The lowest BCUT2D eigenvalue weighted by Gasteiger charge is -2.07. The molecule has 13 heavy (non-hydrogen) atoms. The van der Waals surface area contributed by atoms with Crippen LogP contribution >= 0.6 is 0 Å². The minimum Gasteiger partial charge on any atom is -0.496 e. The van der Waals surface area contributed by atoms with Gasteiger partial charge in [-0.15, -0.1) is 0 Å². The van der Waals surface area contributed by atoms with E-state index in [-0.39, 0.29) is 11.9 Å². The lowest BCUT2D eigenvalue weighted by molar-refractivity contribution is 0.381. The molecule has 0 radical (unpaired) electrons. The van der Waals surface area contributed by atoms with Crippen molar-refractivity contribution < 1.29 is 13.9 Å². The van der Waals surface area contributed by atoms with Crippen molar-refractivity contribution in [3.63, 3.8) is 0 Å². The number of aryl methyl sites for hydroxylation is 1. The van der Waals surface area contributed by atoms with Gasteiger partial charge in [0.25, 0.3) is 0 Å². The summed E-state index contributed by atoms with van der Waals surface area (Å²) >= 11 is 0. The maximum Gasteiger partial charge on any atom is 0.126 e. The van der Waals surface area contributed by atoms with Crippen molar-refractivity contribution in [3.8, 4) is 5.75 Å². The van der Waals surface area contributed by atoms with Gasteiger partial charge in [0, 0.05) is 5.56 Å². The molecule has 0 spiro atoms. The summed E-state index contributed by atoms with van der Waals surface area (Å²) in [6.45, 7) is 2.38. The van der Waals surface area contributed by atoms with Gasteiger partial charge in [0.15, 0.2) is 0 Å². The quantitative estimate of drug-likeness (QED) is 0.654. The molecule has 0 N–H and O–H groups in total. The zero-order valence-corrected chi connectivity index (χ0v) is 7.63. The van der Waals surface area contributed by atoms with Gasteiger partial charge in [-0.3, -0.25) is 0 Å². The normalized spacial score (nSPS) is 20.1. The first-order valence-corrected chi connectivity index (χ1v) is 4.18. The Bertz CT molecular complexity index is 332. The number of ether oxygens (including phenoxy) is 2. The number of methoxy groups -OCH3 is 1. The van der Waals surface area contributed by atoms with Crippen molar-refractivity contribution in [2.24, 2.45) is 0 Å². The van der Waals surface area contributed by atoms with Gasteiger partial charge in [-0.05, 0) is 24.6 Å². The van der Waals surface area contributed by atoms with E-state index in [0.29, 0.717) is 17.9 Å². The molecule has 1 fully saturated rings. The van der Waals surface area contributed by atoms with E-state index in [2.05, 4.69) is 0 Å². The zero-order valence-electron chi connectivity index (χ0n) is 7.63. The SMILES string of the molecule is COc1cc(C)c(F)cc1[C@H]1CO1. The maximum atomic E-state index is 13.2. The monoisotopic (exact) mass is 182 g/mol. The first-order valence-electron chi connectivity index (χ1n) is 4.18. The average Bonchev–Trinajstić information content (AvgIpc) is 2.92. The molecular formula is C10H11FO2. The molecule has 3 heteroatoms. The van der Waals surface area contributed by atoms with Crippen LogP contribution in [0.3, 0.4) is 0 Å². The van der Waals surface area contributed by atoms with E-state index in [1.165, 1.54) is 6.07 Å². The third-order valence-corrected chi connectivity index (χ3v) is 2.19. The van der Waals surface area contributed by atoms with Crippen molar-refractivity contribution in [2.45, 2.75) is 13.0 Å². The van der Waals surface area contributed by atoms with Gasteiger partial charge in [0.1, 0.15) is 17.7 Å². The Balaban J connectivity index is 2.46. The molecule has 1 aromatic carbocycles. The van der Waals surface area contributed by atoms with E-state index in [9.17, 15) is 4.39 Å².